The first kappa shape index (κ1) is 13.1. The summed E-state index contributed by atoms with van der Waals surface area (Å²) < 4.78 is 5.68. The van der Waals surface area contributed by atoms with E-state index in [1.807, 2.05) is 6.07 Å². The molecule has 1 aromatic carbocycles. The lowest BCUT2D eigenvalue weighted by Crippen LogP contribution is -2.36. The van der Waals surface area contributed by atoms with Gasteiger partial charge in [0.2, 0.25) is 0 Å². The highest BCUT2D eigenvalue weighted by atomic mass is 35.5. The van der Waals surface area contributed by atoms with Crippen LogP contribution in [0, 0.1) is 5.92 Å². The Morgan fingerprint density at radius 1 is 1.16 bits per heavy atom. The minimum Gasteiger partial charge on any atom is -0.465 e. The second-order valence-electron chi connectivity index (χ2n) is 5.08. The molecule has 19 heavy (non-hydrogen) atoms. The Hall–Kier alpha value is -0.930. The molecular weight excluding hydrogens is 283 g/mol. The van der Waals surface area contributed by atoms with Gasteiger partial charge in [0.15, 0.2) is 0 Å². The molecule has 1 heterocycles. The number of rotatable bonds is 1. The van der Waals surface area contributed by atoms with Gasteiger partial charge in [0, 0.05) is 5.92 Å². The van der Waals surface area contributed by atoms with Gasteiger partial charge in [-0.05, 0) is 25.0 Å². The summed E-state index contributed by atoms with van der Waals surface area (Å²) >= 11 is 12.3. The van der Waals surface area contributed by atoms with Crippen molar-refractivity contribution in [2.24, 2.45) is 10.9 Å². The number of amidine groups is 1. The fourth-order valence-electron chi connectivity index (χ4n) is 2.72. The Labute approximate surface area is 123 Å². The molecule has 1 aliphatic heterocycles. The van der Waals surface area contributed by atoms with Gasteiger partial charge in [-0.2, -0.15) is 0 Å². The van der Waals surface area contributed by atoms with Crippen LogP contribution in [-0.2, 0) is 4.74 Å². The van der Waals surface area contributed by atoms with Crippen LogP contribution < -0.4 is 5.32 Å². The Bertz CT molecular complexity index is 484. The normalized spacial score (nSPS) is 26.1. The summed E-state index contributed by atoms with van der Waals surface area (Å²) in [4.78, 5) is 4.65. The van der Waals surface area contributed by atoms with Crippen LogP contribution in [0.15, 0.2) is 23.2 Å². The van der Waals surface area contributed by atoms with Gasteiger partial charge in [-0.3, -0.25) is 0 Å². The number of benzene rings is 1. The average molecular weight is 299 g/mol. The molecule has 102 valence electrons. The molecule has 3 rings (SSSR count). The lowest BCUT2D eigenvalue weighted by atomic mass is 9.85. The fourth-order valence-corrected chi connectivity index (χ4v) is 3.21. The second-order valence-corrected chi connectivity index (χ2v) is 5.89. The first-order chi connectivity index (χ1) is 9.24. The summed E-state index contributed by atoms with van der Waals surface area (Å²) in [6.45, 7) is 0.735. The molecule has 0 radical (unpaired) electrons. The Kier molecular flexibility index (Phi) is 3.85. The van der Waals surface area contributed by atoms with Gasteiger partial charge < -0.3 is 10.1 Å². The Morgan fingerprint density at radius 3 is 2.68 bits per heavy atom. The summed E-state index contributed by atoms with van der Waals surface area (Å²) in [5.74, 6) is 0.570. The van der Waals surface area contributed by atoms with Crippen molar-refractivity contribution < 1.29 is 4.74 Å². The van der Waals surface area contributed by atoms with Gasteiger partial charge >= 0.3 is 0 Å². The van der Waals surface area contributed by atoms with Crippen molar-refractivity contribution >= 4 is 34.9 Å². The van der Waals surface area contributed by atoms with Gasteiger partial charge in [-0.1, -0.05) is 42.1 Å². The summed E-state index contributed by atoms with van der Waals surface area (Å²) in [7, 11) is 0. The Morgan fingerprint density at radius 2 is 1.89 bits per heavy atom. The molecule has 0 spiro atoms. The van der Waals surface area contributed by atoms with Crippen molar-refractivity contribution in [2.45, 2.75) is 31.7 Å². The maximum Gasteiger partial charge on any atom is 0.289 e. The van der Waals surface area contributed by atoms with E-state index in [4.69, 9.17) is 27.9 Å². The highest BCUT2D eigenvalue weighted by molar-refractivity contribution is 6.39. The van der Waals surface area contributed by atoms with Crippen molar-refractivity contribution in [3.8, 4) is 0 Å². The Balaban J connectivity index is 1.78. The van der Waals surface area contributed by atoms with Crippen LogP contribution in [0.3, 0.4) is 0 Å². The molecule has 5 heteroatoms. The largest absolute Gasteiger partial charge is 0.465 e. The zero-order valence-corrected chi connectivity index (χ0v) is 12.0. The third-order valence-electron chi connectivity index (χ3n) is 3.78. The van der Waals surface area contributed by atoms with Crippen molar-refractivity contribution in [1.82, 2.24) is 0 Å². The third-order valence-corrected chi connectivity index (χ3v) is 4.41. The van der Waals surface area contributed by atoms with E-state index in [1.165, 1.54) is 19.3 Å². The van der Waals surface area contributed by atoms with Gasteiger partial charge in [0.25, 0.3) is 6.02 Å². The van der Waals surface area contributed by atoms with Crippen LogP contribution in [0.1, 0.15) is 25.7 Å². The number of anilines is 1. The van der Waals surface area contributed by atoms with Crippen molar-refractivity contribution in [2.75, 3.05) is 11.9 Å². The lowest BCUT2D eigenvalue weighted by molar-refractivity contribution is 0.154. The predicted octanol–water partition coefficient (Wildman–Crippen LogP) is 4.35. The average Bonchev–Trinajstić information content (AvgIpc) is 2.43. The number of nitrogens with one attached hydrogen (secondary N) is 1. The summed E-state index contributed by atoms with van der Waals surface area (Å²) in [6.07, 6.45) is 4.91. The molecule has 3 nitrogen and oxygen atoms in total. The van der Waals surface area contributed by atoms with E-state index in [-0.39, 0.29) is 0 Å². The van der Waals surface area contributed by atoms with E-state index in [9.17, 15) is 0 Å². The van der Waals surface area contributed by atoms with E-state index in [0.29, 0.717) is 33.7 Å². The number of hydrogen-bond acceptors (Lipinski definition) is 3. The van der Waals surface area contributed by atoms with Crippen LogP contribution in [0.5, 0.6) is 0 Å². The summed E-state index contributed by atoms with van der Waals surface area (Å²) in [6, 6.07) is 6.33. The zero-order valence-electron chi connectivity index (χ0n) is 10.5. The maximum absolute atomic E-state index is 6.13. The van der Waals surface area contributed by atoms with Crippen molar-refractivity contribution in [1.29, 1.82) is 0 Å². The molecule has 0 unspecified atom stereocenters. The van der Waals surface area contributed by atoms with Crippen LogP contribution in [0.25, 0.3) is 0 Å². The molecule has 0 bridgehead atoms. The monoisotopic (exact) mass is 298 g/mol. The molecule has 1 fully saturated rings. The number of halogens is 2. The van der Waals surface area contributed by atoms with Gasteiger partial charge in [0.1, 0.15) is 0 Å². The maximum atomic E-state index is 6.13. The molecule has 2 atom stereocenters. The molecule has 1 N–H and O–H groups in total. The molecule has 0 saturated heterocycles. The molecular formula is C14H16Cl2N2O. The number of hydrogen-bond donors (Lipinski definition) is 1. The lowest BCUT2D eigenvalue weighted by Gasteiger charge is -2.33. The molecule has 1 aliphatic carbocycles. The topological polar surface area (TPSA) is 33.6 Å². The standard InChI is InChI=1S/C14H16Cl2N2O/c15-10-5-3-6-11(16)13(10)18-14-17-12-7-2-1-4-9(12)8-19-14/h3,5-6,9,12H,1-2,4,7-8H2,(H,17,18)/t9-,12+/m1/s1. The highest BCUT2D eigenvalue weighted by Gasteiger charge is 2.30. The molecule has 1 saturated carbocycles. The summed E-state index contributed by atoms with van der Waals surface area (Å²) in [5.41, 5.74) is 0.666. The third kappa shape index (κ3) is 2.82. The van der Waals surface area contributed by atoms with Gasteiger partial charge in [0.05, 0.1) is 28.4 Å². The van der Waals surface area contributed by atoms with Crippen molar-refractivity contribution in [3.63, 3.8) is 0 Å². The number of para-hydroxylation sites is 1. The summed E-state index contributed by atoms with van der Waals surface area (Å²) in [5, 5.41) is 4.26. The van der Waals surface area contributed by atoms with E-state index in [0.717, 1.165) is 13.0 Å². The van der Waals surface area contributed by atoms with E-state index >= 15 is 0 Å². The van der Waals surface area contributed by atoms with Gasteiger partial charge in [-0.25, -0.2) is 4.99 Å². The van der Waals surface area contributed by atoms with E-state index in [1.54, 1.807) is 12.1 Å². The van der Waals surface area contributed by atoms with Crippen LogP contribution in [-0.4, -0.2) is 18.7 Å². The van der Waals surface area contributed by atoms with Crippen LogP contribution in [0.4, 0.5) is 5.69 Å². The second kappa shape index (κ2) is 5.59. The molecule has 1 aromatic rings. The first-order valence-electron chi connectivity index (χ1n) is 6.65. The van der Waals surface area contributed by atoms with Gasteiger partial charge in [-0.15, -0.1) is 0 Å². The molecule has 2 aliphatic rings. The van der Waals surface area contributed by atoms with Crippen LogP contribution in [0.2, 0.25) is 10.0 Å². The number of ether oxygens (including phenoxy) is 1. The minimum absolute atomic E-state index is 0.381. The smallest absolute Gasteiger partial charge is 0.289 e. The minimum atomic E-state index is 0.381. The fraction of sp³-hybridized carbons (Fsp3) is 0.500. The van der Waals surface area contributed by atoms with Crippen LogP contribution >= 0.6 is 23.2 Å². The van der Waals surface area contributed by atoms with E-state index < -0.39 is 0 Å². The SMILES string of the molecule is Clc1cccc(Cl)c1NC1=N[C@H]2CCCC[C@@H]2CO1. The first-order valence-corrected chi connectivity index (χ1v) is 7.41. The molecule has 0 aromatic heterocycles. The zero-order chi connectivity index (χ0) is 13.2. The number of aliphatic imine (C=N–C) groups is 1. The molecule has 0 amide bonds. The number of nitrogens with zero attached hydrogens (tertiary/aromatic N) is 1. The van der Waals surface area contributed by atoms with E-state index in [2.05, 4.69) is 10.3 Å². The number of fused-ring (bicyclic) bond motifs is 1. The van der Waals surface area contributed by atoms with Crippen molar-refractivity contribution in [3.05, 3.63) is 28.2 Å². The highest BCUT2D eigenvalue weighted by Crippen LogP contribution is 2.33. The quantitative estimate of drug-likeness (QED) is 0.836. The predicted molar refractivity (Wildman–Crippen MR) is 79.2 cm³/mol.